The van der Waals surface area contributed by atoms with E-state index >= 15 is 0 Å². The lowest BCUT2D eigenvalue weighted by Gasteiger charge is -2.07. The molecular formula is C17H15ClN2O2S2. The maximum Gasteiger partial charge on any atom is 0.258 e. The van der Waals surface area contributed by atoms with Gasteiger partial charge in [0, 0.05) is 10.3 Å². The minimum atomic E-state index is -0.186. The summed E-state index contributed by atoms with van der Waals surface area (Å²) in [6.07, 6.45) is 0. The van der Waals surface area contributed by atoms with Gasteiger partial charge in [-0.05, 0) is 31.2 Å². The number of hydrogen-bond acceptors (Lipinski definition) is 5. The van der Waals surface area contributed by atoms with Gasteiger partial charge >= 0.3 is 0 Å². The number of rotatable bonds is 6. The summed E-state index contributed by atoms with van der Waals surface area (Å²) in [6, 6.07) is 11.1. The Morgan fingerprint density at radius 3 is 2.88 bits per heavy atom. The van der Waals surface area contributed by atoms with Crippen LogP contribution in [0.3, 0.4) is 0 Å². The number of amides is 1. The van der Waals surface area contributed by atoms with E-state index in [0.717, 1.165) is 20.5 Å². The molecule has 0 bridgehead atoms. The van der Waals surface area contributed by atoms with E-state index < -0.39 is 0 Å². The zero-order chi connectivity index (χ0) is 16.9. The van der Waals surface area contributed by atoms with Crippen molar-refractivity contribution in [2.24, 2.45) is 0 Å². The number of hydrogen-bond donors (Lipinski definition) is 1. The molecule has 1 aromatic carbocycles. The van der Waals surface area contributed by atoms with Crippen molar-refractivity contribution in [1.29, 1.82) is 0 Å². The molecule has 0 saturated heterocycles. The summed E-state index contributed by atoms with van der Waals surface area (Å²) in [6.45, 7) is 2.40. The first-order valence-corrected chi connectivity index (χ1v) is 9.34. The van der Waals surface area contributed by atoms with Crippen LogP contribution < -0.4 is 10.1 Å². The summed E-state index contributed by atoms with van der Waals surface area (Å²) in [5.74, 6) is 0.320. The fraction of sp³-hybridized carbons (Fsp3) is 0.176. The Morgan fingerprint density at radius 2 is 2.12 bits per heavy atom. The molecule has 1 N–H and O–H groups in total. The summed E-state index contributed by atoms with van der Waals surface area (Å²) in [5.41, 5.74) is 0.988. The zero-order valence-electron chi connectivity index (χ0n) is 12.9. The highest BCUT2D eigenvalue weighted by molar-refractivity contribution is 7.16. The second-order valence-corrected chi connectivity index (χ2v) is 7.65. The van der Waals surface area contributed by atoms with Crippen LogP contribution in [0.5, 0.6) is 5.75 Å². The highest BCUT2D eigenvalue weighted by Crippen LogP contribution is 2.29. The number of ether oxygens (including phenoxy) is 1. The molecule has 2 heterocycles. The van der Waals surface area contributed by atoms with E-state index in [1.165, 1.54) is 0 Å². The fourth-order valence-corrected chi connectivity index (χ4v) is 3.81. The van der Waals surface area contributed by atoms with Crippen molar-refractivity contribution in [3.8, 4) is 16.3 Å². The number of carbonyl (C=O) groups excluding carboxylic acids is 1. The Labute approximate surface area is 153 Å². The predicted octanol–water partition coefficient (Wildman–Crippen LogP) is 4.53. The minimum absolute atomic E-state index is 0.0623. The molecule has 1 amide bonds. The lowest BCUT2D eigenvalue weighted by Crippen LogP contribution is -2.28. The van der Waals surface area contributed by atoms with Gasteiger partial charge in [-0.2, -0.15) is 0 Å². The maximum atomic E-state index is 11.9. The van der Waals surface area contributed by atoms with E-state index in [9.17, 15) is 4.79 Å². The second-order valence-electron chi connectivity index (χ2n) is 5.01. The SMILES string of the molecule is Cc1nc(-c2ccc(CNC(=O)COc3ccccc3Cl)s2)cs1. The van der Waals surface area contributed by atoms with Crippen LogP contribution in [0, 0.1) is 6.92 Å². The van der Waals surface area contributed by atoms with Gasteiger partial charge in [-0.15, -0.1) is 22.7 Å². The van der Waals surface area contributed by atoms with E-state index in [1.807, 2.05) is 36.6 Å². The van der Waals surface area contributed by atoms with Crippen LogP contribution in [0.15, 0.2) is 41.8 Å². The average Bonchev–Trinajstić information content (AvgIpc) is 3.21. The summed E-state index contributed by atoms with van der Waals surface area (Å²) < 4.78 is 5.42. The van der Waals surface area contributed by atoms with E-state index in [1.54, 1.807) is 34.8 Å². The number of thiophene rings is 1. The van der Waals surface area contributed by atoms with Gasteiger partial charge in [0.15, 0.2) is 6.61 Å². The zero-order valence-corrected chi connectivity index (χ0v) is 15.3. The number of nitrogens with one attached hydrogen (secondary N) is 1. The smallest absolute Gasteiger partial charge is 0.258 e. The van der Waals surface area contributed by atoms with Crippen molar-refractivity contribution >= 4 is 40.2 Å². The minimum Gasteiger partial charge on any atom is -0.482 e. The molecule has 0 aliphatic heterocycles. The molecule has 124 valence electrons. The first-order valence-electron chi connectivity index (χ1n) is 7.27. The molecule has 0 fully saturated rings. The average molecular weight is 379 g/mol. The molecule has 0 aliphatic carbocycles. The van der Waals surface area contributed by atoms with E-state index in [4.69, 9.17) is 16.3 Å². The molecule has 24 heavy (non-hydrogen) atoms. The third kappa shape index (κ3) is 4.35. The molecular weight excluding hydrogens is 364 g/mol. The van der Waals surface area contributed by atoms with Crippen LogP contribution in [0.25, 0.3) is 10.6 Å². The number of halogens is 1. The topological polar surface area (TPSA) is 51.2 Å². The lowest BCUT2D eigenvalue weighted by molar-refractivity contribution is -0.123. The van der Waals surface area contributed by atoms with E-state index in [0.29, 0.717) is 17.3 Å². The van der Waals surface area contributed by atoms with Crippen molar-refractivity contribution in [1.82, 2.24) is 10.3 Å². The number of para-hydroxylation sites is 1. The molecule has 3 aromatic rings. The standard InChI is InChI=1S/C17H15ClN2O2S2/c1-11-20-14(10-23-11)16-7-6-12(24-16)8-19-17(21)9-22-15-5-3-2-4-13(15)18/h2-7,10H,8-9H2,1H3,(H,19,21). The van der Waals surface area contributed by atoms with Gasteiger partial charge < -0.3 is 10.1 Å². The Morgan fingerprint density at radius 1 is 1.29 bits per heavy atom. The second kappa shape index (κ2) is 7.79. The van der Waals surface area contributed by atoms with Crippen molar-refractivity contribution < 1.29 is 9.53 Å². The Hall–Kier alpha value is -1.89. The summed E-state index contributed by atoms with van der Waals surface area (Å²) in [4.78, 5) is 18.5. The monoisotopic (exact) mass is 378 g/mol. The third-order valence-electron chi connectivity index (χ3n) is 3.19. The molecule has 7 heteroatoms. The van der Waals surface area contributed by atoms with Gasteiger partial charge in [-0.1, -0.05) is 23.7 Å². The number of aryl methyl sites for hydroxylation is 1. The Balaban J connectivity index is 1.50. The van der Waals surface area contributed by atoms with Gasteiger partial charge in [0.05, 0.1) is 27.1 Å². The highest BCUT2D eigenvalue weighted by Gasteiger charge is 2.08. The van der Waals surface area contributed by atoms with Crippen LogP contribution in [0.2, 0.25) is 5.02 Å². The van der Waals surface area contributed by atoms with Crippen LogP contribution >= 0.6 is 34.3 Å². The van der Waals surface area contributed by atoms with Crippen molar-refractivity contribution in [2.45, 2.75) is 13.5 Å². The summed E-state index contributed by atoms with van der Waals surface area (Å²) >= 11 is 9.24. The quantitative estimate of drug-likeness (QED) is 0.685. The molecule has 0 spiro atoms. The number of thiazole rings is 1. The molecule has 0 atom stereocenters. The number of carbonyl (C=O) groups is 1. The van der Waals surface area contributed by atoms with Crippen molar-refractivity contribution in [2.75, 3.05) is 6.61 Å². The van der Waals surface area contributed by atoms with Crippen LogP contribution in [-0.4, -0.2) is 17.5 Å². The Kier molecular flexibility index (Phi) is 5.50. The summed E-state index contributed by atoms with van der Waals surface area (Å²) in [7, 11) is 0. The molecule has 4 nitrogen and oxygen atoms in total. The fourth-order valence-electron chi connectivity index (χ4n) is 2.03. The number of benzene rings is 1. The molecule has 2 aromatic heterocycles. The van der Waals surface area contributed by atoms with E-state index in [2.05, 4.69) is 10.3 Å². The van der Waals surface area contributed by atoms with Gasteiger partial charge in [0.2, 0.25) is 0 Å². The van der Waals surface area contributed by atoms with Gasteiger partial charge in [0.25, 0.3) is 5.91 Å². The molecule has 0 unspecified atom stereocenters. The van der Waals surface area contributed by atoms with Crippen molar-refractivity contribution in [3.05, 3.63) is 56.7 Å². The lowest BCUT2D eigenvalue weighted by atomic mass is 10.3. The Bertz CT molecular complexity index is 844. The maximum absolute atomic E-state index is 11.9. The first kappa shape index (κ1) is 17.0. The van der Waals surface area contributed by atoms with Crippen LogP contribution in [0.1, 0.15) is 9.88 Å². The third-order valence-corrected chi connectivity index (χ3v) is 5.38. The van der Waals surface area contributed by atoms with Crippen molar-refractivity contribution in [3.63, 3.8) is 0 Å². The first-order chi connectivity index (χ1) is 11.6. The van der Waals surface area contributed by atoms with Gasteiger partial charge in [-0.3, -0.25) is 4.79 Å². The van der Waals surface area contributed by atoms with Crippen LogP contribution in [0.4, 0.5) is 0 Å². The normalized spacial score (nSPS) is 10.6. The van der Waals surface area contributed by atoms with Gasteiger partial charge in [0.1, 0.15) is 5.75 Å². The molecule has 0 saturated carbocycles. The highest BCUT2D eigenvalue weighted by atomic mass is 35.5. The van der Waals surface area contributed by atoms with E-state index in [-0.39, 0.29) is 12.5 Å². The predicted molar refractivity (Wildman–Crippen MR) is 99.0 cm³/mol. The number of nitrogens with zero attached hydrogens (tertiary/aromatic N) is 1. The molecule has 0 aliphatic rings. The largest absolute Gasteiger partial charge is 0.482 e. The summed E-state index contributed by atoms with van der Waals surface area (Å²) in [5, 5.41) is 6.43. The number of aromatic nitrogens is 1. The molecule has 3 rings (SSSR count). The van der Waals surface area contributed by atoms with Crippen LogP contribution in [-0.2, 0) is 11.3 Å². The van der Waals surface area contributed by atoms with Gasteiger partial charge in [-0.25, -0.2) is 4.98 Å². The molecule has 0 radical (unpaired) electrons.